The Hall–Kier alpha value is -1.82. The van der Waals surface area contributed by atoms with Crippen molar-refractivity contribution < 1.29 is 4.74 Å². The zero-order valence-electron chi connectivity index (χ0n) is 8.70. The molecule has 6 heteroatoms. The first-order valence-electron chi connectivity index (χ1n) is 4.69. The predicted octanol–water partition coefficient (Wildman–Crippen LogP) is 1.31. The molecule has 1 aromatic heterocycles. The quantitative estimate of drug-likeness (QED) is 0.749. The van der Waals surface area contributed by atoms with Gasteiger partial charge < -0.3 is 4.74 Å². The van der Waals surface area contributed by atoms with Crippen molar-refractivity contribution in [1.29, 1.82) is 0 Å². The summed E-state index contributed by atoms with van der Waals surface area (Å²) < 4.78 is 4.87. The Labute approximate surface area is 98.0 Å². The first-order valence-corrected chi connectivity index (χ1v) is 5.10. The number of thiocarbonyl (C=S) groups is 1. The normalized spacial score (nSPS) is 10.1. The van der Waals surface area contributed by atoms with Gasteiger partial charge >= 0.3 is 0 Å². The number of tetrazole rings is 1. The molecule has 0 saturated heterocycles. The van der Waals surface area contributed by atoms with Gasteiger partial charge in [-0.3, -0.25) is 0 Å². The van der Waals surface area contributed by atoms with Crippen molar-refractivity contribution >= 4 is 17.3 Å². The third kappa shape index (κ3) is 2.40. The van der Waals surface area contributed by atoms with Gasteiger partial charge in [-0.15, -0.1) is 10.2 Å². The second-order valence-electron chi connectivity index (χ2n) is 3.09. The van der Waals surface area contributed by atoms with Gasteiger partial charge in [0, 0.05) is 5.56 Å². The zero-order chi connectivity index (χ0) is 11.4. The van der Waals surface area contributed by atoms with Crippen molar-refractivity contribution in [3.63, 3.8) is 0 Å². The molecule has 0 spiro atoms. The standard InChI is InChI=1S/C10H10N4OS/c1-15-9(16)7-14-12-10(11-13-14)8-5-3-2-4-6-8/h2-6H,7H2,1H3. The van der Waals surface area contributed by atoms with Crippen LogP contribution in [-0.2, 0) is 11.3 Å². The summed E-state index contributed by atoms with van der Waals surface area (Å²) in [5, 5.41) is 12.5. The summed E-state index contributed by atoms with van der Waals surface area (Å²) in [7, 11) is 1.53. The van der Waals surface area contributed by atoms with Crippen LogP contribution in [0.1, 0.15) is 0 Å². The molecule has 2 rings (SSSR count). The van der Waals surface area contributed by atoms with E-state index < -0.39 is 0 Å². The Bertz CT molecular complexity index is 483. The molecular formula is C10H10N4OS. The molecule has 5 nitrogen and oxygen atoms in total. The van der Waals surface area contributed by atoms with Crippen molar-refractivity contribution in [3.8, 4) is 11.4 Å². The molecule has 0 bridgehead atoms. The number of rotatable bonds is 3. The molecule has 0 fully saturated rings. The maximum Gasteiger partial charge on any atom is 0.204 e. The Balaban J connectivity index is 2.17. The number of aromatic nitrogens is 4. The molecule has 1 heterocycles. The lowest BCUT2D eigenvalue weighted by Gasteiger charge is -1.98. The summed E-state index contributed by atoms with van der Waals surface area (Å²) in [5.41, 5.74) is 0.928. The fourth-order valence-corrected chi connectivity index (χ4v) is 1.31. The summed E-state index contributed by atoms with van der Waals surface area (Å²) in [4.78, 5) is 1.41. The van der Waals surface area contributed by atoms with Crippen LogP contribution in [-0.4, -0.2) is 32.4 Å². The van der Waals surface area contributed by atoms with E-state index in [-0.39, 0.29) is 0 Å². The number of nitrogens with zero attached hydrogens (tertiary/aromatic N) is 4. The van der Waals surface area contributed by atoms with Crippen LogP contribution in [0.4, 0.5) is 0 Å². The minimum Gasteiger partial charge on any atom is -0.488 e. The average Bonchev–Trinajstić information content (AvgIpc) is 2.78. The minimum atomic E-state index is 0.339. The van der Waals surface area contributed by atoms with Gasteiger partial charge in [-0.1, -0.05) is 30.3 Å². The number of ether oxygens (including phenoxy) is 1. The molecule has 16 heavy (non-hydrogen) atoms. The number of methoxy groups -OCH3 is 1. The number of benzene rings is 1. The van der Waals surface area contributed by atoms with Gasteiger partial charge in [0.05, 0.1) is 7.11 Å². The van der Waals surface area contributed by atoms with Crippen molar-refractivity contribution in [2.24, 2.45) is 0 Å². The third-order valence-electron chi connectivity index (χ3n) is 1.98. The van der Waals surface area contributed by atoms with Crippen LogP contribution in [0.3, 0.4) is 0 Å². The number of hydrogen-bond acceptors (Lipinski definition) is 5. The summed E-state index contributed by atoms with van der Waals surface area (Å²) in [6, 6.07) is 9.64. The zero-order valence-corrected chi connectivity index (χ0v) is 9.52. The fraction of sp³-hybridized carbons (Fsp3) is 0.200. The smallest absolute Gasteiger partial charge is 0.204 e. The van der Waals surface area contributed by atoms with Crippen LogP contribution in [0.15, 0.2) is 30.3 Å². The maximum atomic E-state index is 4.91. The number of hydrogen-bond donors (Lipinski definition) is 0. The first-order chi connectivity index (χ1) is 7.79. The summed E-state index contributed by atoms with van der Waals surface area (Å²) in [6.07, 6.45) is 0. The Morgan fingerprint density at radius 1 is 1.38 bits per heavy atom. The lowest BCUT2D eigenvalue weighted by Crippen LogP contribution is -2.12. The SMILES string of the molecule is COC(=S)Cn1nnc(-c2ccccc2)n1. The van der Waals surface area contributed by atoms with Gasteiger partial charge in [-0.2, -0.15) is 4.80 Å². The van der Waals surface area contributed by atoms with Crippen LogP contribution in [0.5, 0.6) is 0 Å². The lowest BCUT2D eigenvalue weighted by atomic mass is 10.2. The van der Waals surface area contributed by atoms with E-state index in [1.54, 1.807) is 0 Å². The van der Waals surface area contributed by atoms with Crippen LogP contribution >= 0.6 is 12.2 Å². The van der Waals surface area contributed by atoms with E-state index in [1.165, 1.54) is 11.9 Å². The third-order valence-corrected chi connectivity index (χ3v) is 2.28. The van der Waals surface area contributed by atoms with Gasteiger partial charge in [0.2, 0.25) is 5.82 Å². The van der Waals surface area contributed by atoms with Crippen molar-refractivity contribution in [1.82, 2.24) is 20.2 Å². The van der Waals surface area contributed by atoms with Crippen molar-refractivity contribution in [3.05, 3.63) is 30.3 Å². The fourth-order valence-electron chi connectivity index (χ4n) is 1.19. The summed E-state index contributed by atoms with van der Waals surface area (Å²) in [5.74, 6) is 0.583. The Kier molecular flexibility index (Phi) is 3.21. The minimum absolute atomic E-state index is 0.339. The molecule has 1 aromatic carbocycles. The van der Waals surface area contributed by atoms with E-state index in [1.807, 2.05) is 30.3 Å². The second-order valence-corrected chi connectivity index (χ2v) is 3.54. The van der Waals surface area contributed by atoms with E-state index in [0.717, 1.165) is 5.56 Å². The van der Waals surface area contributed by atoms with E-state index in [2.05, 4.69) is 15.4 Å². The van der Waals surface area contributed by atoms with E-state index >= 15 is 0 Å². The molecule has 82 valence electrons. The van der Waals surface area contributed by atoms with Gasteiger partial charge in [0.25, 0.3) is 0 Å². The van der Waals surface area contributed by atoms with Crippen LogP contribution in [0.25, 0.3) is 11.4 Å². The predicted molar refractivity (Wildman–Crippen MR) is 62.9 cm³/mol. The topological polar surface area (TPSA) is 52.8 Å². The van der Waals surface area contributed by atoms with Gasteiger partial charge in [-0.05, 0) is 17.4 Å². The Morgan fingerprint density at radius 2 is 2.12 bits per heavy atom. The monoisotopic (exact) mass is 234 g/mol. The first kappa shape index (κ1) is 10.7. The van der Waals surface area contributed by atoms with E-state index in [9.17, 15) is 0 Å². The van der Waals surface area contributed by atoms with Gasteiger partial charge in [0.1, 0.15) is 6.54 Å². The molecule has 0 amide bonds. The molecule has 0 aliphatic carbocycles. The second kappa shape index (κ2) is 4.80. The summed E-state index contributed by atoms with van der Waals surface area (Å²) in [6.45, 7) is 0.339. The highest BCUT2D eigenvalue weighted by molar-refractivity contribution is 7.80. The highest BCUT2D eigenvalue weighted by Crippen LogP contribution is 2.11. The largest absolute Gasteiger partial charge is 0.488 e. The summed E-state index contributed by atoms with van der Waals surface area (Å²) >= 11 is 4.91. The van der Waals surface area contributed by atoms with Crippen molar-refractivity contribution in [2.45, 2.75) is 6.54 Å². The molecule has 0 radical (unpaired) electrons. The Morgan fingerprint density at radius 3 is 2.81 bits per heavy atom. The molecular weight excluding hydrogens is 224 g/mol. The average molecular weight is 234 g/mol. The molecule has 0 N–H and O–H groups in total. The maximum absolute atomic E-state index is 4.91. The van der Waals surface area contributed by atoms with Crippen LogP contribution in [0, 0.1) is 0 Å². The van der Waals surface area contributed by atoms with E-state index in [0.29, 0.717) is 17.4 Å². The lowest BCUT2D eigenvalue weighted by molar-refractivity contribution is 0.387. The molecule has 0 saturated carbocycles. The van der Waals surface area contributed by atoms with E-state index in [4.69, 9.17) is 17.0 Å². The van der Waals surface area contributed by atoms with Gasteiger partial charge in [0.15, 0.2) is 5.05 Å². The molecule has 0 atom stereocenters. The van der Waals surface area contributed by atoms with Gasteiger partial charge in [-0.25, -0.2) is 0 Å². The van der Waals surface area contributed by atoms with Crippen molar-refractivity contribution in [2.75, 3.05) is 7.11 Å². The molecule has 0 aliphatic rings. The van der Waals surface area contributed by atoms with Crippen LogP contribution < -0.4 is 0 Å². The highest BCUT2D eigenvalue weighted by atomic mass is 32.1. The molecule has 2 aromatic rings. The molecule has 0 aliphatic heterocycles. The van der Waals surface area contributed by atoms with Crippen LogP contribution in [0.2, 0.25) is 0 Å². The molecule has 0 unspecified atom stereocenters. The highest BCUT2D eigenvalue weighted by Gasteiger charge is 2.06.